The first-order valence-corrected chi connectivity index (χ1v) is 14.0. The number of hydrogen-bond donors (Lipinski definition) is 0. The van der Waals surface area contributed by atoms with E-state index in [4.69, 9.17) is 4.74 Å². The highest BCUT2D eigenvalue weighted by molar-refractivity contribution is 14.1. The highest BCUT2D eigenvalue weighted by Gasteiger charge is 2.52. The van der Waals surface area contributed by atoms with Crippen LogP contribution < -0.4 is 4.90 Å². The molecule has 0 aromatic heterocycles. The molecule has 2 aliphatic heterocycles. The monoisotopic (exact) mass is 663 g/mol. The summed E-state index contributed by atoms with van der Waals surface area (Å²) in [6.07, 6.45) is 1.25. The standard InChI is InChI=1S/C26H25F3INO6S/c1-14-10-19(30)15(12-20(14)31-22(32)16-8-6-7-9-17(16)23(31)33)11-18-21(36-38(34,35)26(27,28)29)13-24(2,3)37-25(18,4)5/h6-10,12-13,18H,11H2,1-5H3/t18-/m0/s1. The molecule has 1 atom stereocenters. The SMILES string of the molecule is Cc1cc(I)c(C[C@H]2C(OS(=O)(=O)C(F)(F)F)=CC(C)(C)OC2(C)C)cc1N1C(=O)c2ccccc2C1=O. The Balaban J connectivity index is 1.77. The maximum absolute atomic E-state index is 13.2. The zero-order valence-electron chi connectivity index (χ0n) is 21.1. The van der Waals surface area contributed by atoms with E-state index < -0.39 is 44.6 Å². The summed E-state index contributed by atoms with van der Waals surface area (Å²) in [4.78, 5) is 27.3. The van der Waals surface area contributed by atoms with Crippen LogP contribution in [0.2, 0.25) is 0 Å². The molecule has 2 aliphatic rings. The molecule has 0 unspecified atom stereocenters. The summed E-state index contributed by atoms with van der Waals surface area (Å²) in [5, 5.41) is 0. The highest BCUT2D eigenvalue weighted by Crippen LogP contribution is 2.44. The minimum absolute atomic E-state index is 0.0109. The molecule has 0 saturated carbocycles. The number of benzene rings is 2. The van der Waals surface area contributed by atoms with E-state index in [0.717, 1.165) is 4.90 Å². The van der Waals surface area contributed by atoms with E-state index in [1.807, 2.05) is 0 Å². The highest BCUT2D eigenvalue weighted by atomic mass is 127. The van der Waals surface area contributed by atoms with E-state index in [9.17, 15) is 31.2 Å². The molecular weight excluding hydrogens is 638 g/mol. The van der Waals surface area contributed by atoms with Crippen molar-refractivity contribution >= 4 is 50.2 Å². The van der Waals surface area contributed by atoms with Gasteiger partial charge < -0.3 is 8.92 Å². The molecular formula is C26H25F3INO6S. The van der Waals surface area contributed by atoms with E-state index in [1.165, 1.54) is 6.08 Å². The molecule has 2 amide bonds. The van der Waals surface area contributed by atoms with Crippen LogP contribution in [-0.2, 0) is 25.5 Å². The molecule has 7 nitrogen and oxygen atoms in total. The number of rotatable bonds is 5. The number of anilines is 1. The largest absolute Gasteiger partial charge is 0.534 e. The van der Waals surface area contributed by atoms with Crippen molar-refractivity contribution in [1.82, 2.24) is 0 Å². The second-order valence-electron chi connectivity index (χ2n) is 10.3. The van der Waals surface area contributed by atoms with Crippen molar-refractivity contribution < 1.29 is 40.1 Å². The van der Waals surface area contributed by atoms with Crippen LogP contribution in [0.5, 0.6) is 0 Å². The fraction of sp³-hybridized carbons (Fsp3) is 0.385. The van der Waals surface area contributed by atoms with Crippen LogP contribution in [0.25, 0.3) is 0 Å². The van der Waals surface area contributed by atoms with Crippen molar-refractivity contribution in [3.8, 4) is 0 Å². The van der Waals surface area contributed by atoms with E-state index in [-0.39, 0.29) is 23.3 Å². The zero-order chi connectivity index (χ0) is 28.4. The smallest absolute Gasteiger partial charge is 0.380 e. The van der Waals surface area contributed by atoms with Gasteiger partial charge in [-0.05, 0) is 105 Å². The van der Waals surface area contributed by atoms with Crippen LogP contribution in [0.3, 0.4) is 0 Å². The molecule has 0 saturated heterocycles. The molecule has 4 rings (SSSR count). The van der Waals surface area contributed by atoms with Gasteiger partial charge in [0, 0.05) is 3.57 Å². The van der Waals surface area contributed by atoms with Gasteiger partial charge in [-0.25, -0.2) is 4.90 Å². The normalized spacial score (nSPS) is 20.8. The first-order valence-electron chi connectivity index (χ1n) is 11.6. The Hall–Kier alpha value is -2.45. The quantitative estimate of drug-likeness (QED) is 0.172. The number of ether oxygens (including phenoxy) is 1. The van der Waals surface area contributed by atoms with Gasteiger partial charge in [0.15, 0.2) is 0 Å². The Morgan fingerprint density at radius 2 is 1.61 bits per heavy atom. The fourth-order valence-corrected chi connectivity index (χ4v) is 6.25. The minimum Gasteiger partial charge on any atom is -0.380 e. The number of carbonyl (C=O) groups excluding carboxylic acids is 2. The fourth-order valence-electron chi connectivity index (χ4n) is 4.90. The van der Waals surface area contributed by atoms with Gasteiger partial charge >= 0.3 is 15.6 Å². The van der Waals surface area contributed by atoms with Crippen molar-refractivity contribution in [3.05, 3.63) is 74.1 Å². The molecule has 2 aromatic rings. The molecule has 0 spiro atoms. The van der Waals surface area contributed by atoms with Crippen molar-refractivity contribution in [3.63, 3.8) is 0 Å². The Labute approximate surface area is 232 Å². The van der Waals surface area contributed by atoms with Gasteiger partial charge in [-0.1, -0.05) is 12.1 Å². The summed E-state index contributed by atoms with van der Waals surface area (Å²) >= 11 is 2.05. The molecule has 2 heterocycles. The number of alkyl halides is 3. The van der Waals surface area contributed by atoms with Crippen molar-refractivity contribution in [2.45, 2.75) is 57.7 Å². The molecule has 204 valence electrons. The molecule has 12 heteroatoms. The van der Waals surface area contributed by atoms with Gasteiger partial charge in [0.2, 0.25) is 0 Å². The summed E-state index contributed by atoms with van der Waals surface area (Å²) in [5.41, 5.74) is -5.77. The number of aryl methyl sites for hydroxylation is 1. The average Bonchev–Trinajstić information content (AvgIpc) is 3.00. The third-order valence-corrected chi connectivity index (χ3v) is 8.49. The number of halogens is 4. The lowest BCUT2D eigenvalue weighted by Crippen LogP contribution is -2.48. The Bertz CT molecular complexity index is 1450. The van der Waals surface area contributed by atoms with E-state index >= 15 is 0 Å². The Morgan fingerprint density at radius 1 is 1.05 bits per heavy atom. The number of amides is 2. The molecule has 0 aliphatic carbocycles. The van der Waals surface area contributed by atoms with Gasteiger partial charge in [0.1, 0.15) is 5.76 Å². The molecule has 0 N–H and O–H groups in total. The number of nitrogens with zero attached hydrogens (tertiary/aromatic N) is 1. The summed E-state index contributed by atoms with van der Waals surface area (Å²) in [6.45, 7) is 8.20. The second kappa shape index (κ2) is 9.33. The van der Waals surface area contributed by atoms with Crippen molar-refractivity contribution in [2.24, 2.45) is 5.92 Å². The van der Waals surface area contributed by atoms with E-state index in [1.54, 1.807) is 71.0 Å². The first kappa shape index (κ1) is 28.6. The molecule has 38 heavy (non-hydrogen) atoms. The summed E-state index contributed by atoms with van der Waals surface area (Å²) in [7, 11) is -5.93. The van der Waals surface area contributed by atoms with Crippen LogP contribution in [0, 0.1) is 16.4 Å². The Kier molecular flexibility index (Phi) is 7.01. The Morgan fingerprint density at radius 3 is 2.13 bits per heavy atom. The van der Waals surface area contributed by atoms with Gasteiger partial charge in [-0.2, -0.15) is 21.6 Å². The van der Waals surface area contributed by atoms with E-state index in [0.29, 0.717) is 20.4 Å². The van der Waals surface area contributed by atoms with Gasteiger partial charge in [0.05, 0.1) is 33.9 Å². The lowest BCUT2D eigenvalue weighted by atomic mass is 9.79. The summed E-state index contributed by atoms with van der Waals surface area (Å²) in [5.74, 6) is -2.30. The second-order valence-corrected chi connectivity index (χ2v) is 13.0. The van der Waals surface area contributed by atoms with Crippen LogP contribution in [0.15, 0.2) is 48.2 Å². The number of carbonyl (C=O) groups is 2. The molecule has 0 bridgehead atoms. The number of imide groups is 1. The van der Waals surface area contributed by atoms with Crippen LogP contribution in [0.4, 0.5) is 18.9 Å². The molecule has 0 radical (unpaired) electrons. The van der Waals surface area contributed by atoms with Gasteiger partial charge in [-0.15, -0.1) is 0 Å². The first-order chi connectivity index (χ1) is 17.3. The van der Waals surface area contributed by atoms with Crippen LogP contribution in [0.1, 0.15) is 59.5 Å². The predicted molar refractivity (Wildman–Crippen MR) is 142 cm³/mol. The summed E-state index contributed by atoms with van der Waals surface area (Å²) in [6, 6.07) is 9.84. The van der Waals surface area contributed by atoms with Crippen LogP contribution >= 0.6 is 22.6 Å². The summed E-state index contributed by atoms with van der Waals surface area (Å²) < 4.78 is 75.0. The number of fused-ring (bicyclic) bond motifs is 1. The van der Waals surface area contributed by atoms with Gasteiger partial charge in [-0.3, -0.25) is 9.59 Å². The zero-order valence-corrected chi connectivity index (χ0v) is 24.1. The van der Waals surface area contributed by atoms with Crippen LogP contribution in [-0.4, -0.2) is 36.9 Å². The average molecular weight is 663 g/mol. The molecule has 0 fully saturated rings. The lowest BCUT2D eigenvalue weighted by molar-refractivity contribution is -0.141. The van der Waals surface area contributed by atoms with E-state index in [2.05, 4.69) is 26.8 Å². The third kappa shape index (κ3) is 5.09. The molecule has 2 aromatic carbocycles. The maximum Gasteiger partial charge on any atom is 0.534 e. The predicted octanol–water partition coefficient (Wildman–Crippen LogP) is 5.90. The lowest BCUT2D eigenvalue weighted by Gasteiger charge is -2.45. The van der Waals surface area contributed by atoms with Crippen molar-refractivity contribution in [2.75, 3.05) is 4.90 Å². The number of hydrogen-bond acceptors (Lipinski definition) is 6. The topological polar surface area (TPSA) is 90.0 Å². The van der Waals surface area contributed by atoms with Gasteiger partial charge in [0.25, 0.3) is 11.8 Å². The maximum atomic E-state index is 13.2. The third-order valence-electron chi connectivity index (χ3n) is 6.51. The minimum atomic E-state index is -5.93. The van der Waals surface area contributed by atoms with Crippen molar-refractivity contribution in [1.29, 1.82) is 0 Å².